The number of aliphatic carboxylic acids is 8. The molecule has 14 N–H and O–H groups in total. The van der Waals surface area contributed by atoms with Crippen molar-refractivity contribution in [2.45, 2.75) is 154 Å². The molecule has 0 saturated carbocycles. The van der Waals surface area contributed by atoms with E-state index in [2.05, 4.69) is 58.8 Å². The number of imide groups is 1. The number of nitrogens with two attached hydrogens (primary N) is 1. The zero-order valence-electron chi connectivity index (χ0n) is 74.7. The van der Waals surface area contributed by atoms with Crippen LogP contribution in [0.4, 0.5) is 0 Å². The molecule has 7 rings (SSSR count). The fourth-order valence-corrected chi connectivity index (χ4v) is 15.8. The molecule has 0 aromatic heterocycles. The van der Waals surface area contributed by atoms with Crippen molar-refractivity contribution < 1.29 is 118 Å². The van der Waals surface area contributed by atoms with Crippen LogP contribution in [0.3, 0.4) is 0 Å². The van der Waals surface area contributed by atoms with E-state index in [-0.39, 0.29) is 153 Å². The number of ketones is 2. The van der Waals surface area contributed by atoms with Gasteiger partial charge in [-0.1, -0.05) is 113 Å². The molecule has 3 aliphatic heterocycles. The molecule has 6 atom stereocenters. The first kappa shape index (κ1) is 107. The Balaban J connectivity index is 0.000000402. The second kappa shape index (κ2) is 56.7. The van der Waals surface area contributed by atoms with Crippen LogP contribution >= 0.6 is 0 Å². The van der Waals surface area contributed by atoms with Crippen molar-refractivity contribution >= 4 is 94.8 Å². The fourth-order valence-electron chi connectivity index (χ4n) is 15.8. The molecule has 3 aliphatic rings. The Morgan fingerprint density at radius 3 is 1.02 bits per heavy atom. The minimum absolute atomic E-state index is 0.0286. The first-order chi connectivity index (χ1) is 61.9. The molecule has 2 fully saturated rings. The summed E-state index contributed by atoms with van der Waals surface area (Å²) in [4.78, 5) is 216. The van der Waals surface area contributed by atoms with Crippen LogP contribution in [0.25, 0.3) is 0 Å². The number of carboxylic acids is 8. The van der Waals surface area contributed by atoms with Gasteiger partial charge in [-0.05, 0) is 129 Å². The van der Waals surface area contributed by atoms with Gasteiger partial charge in [0.05, 0.1) is 51.4 Å². The van der Waals surface area contributed by atoms with Crippen LogP contribution in [-0.4, -0.2) is 373 Å². The van der Waals surface area contributed by atoms with E-state index >= 15 is 0 Å². The number of amides is 6. The minimum Gasteiger partial charge on any atom is -0.480 e. The molecule has 0 radical (unpaired) electrons. The van der Waals surface area contributed by atoms with Gasteiger partial charge in [0.1, 0.15) is 12.1 Å². The van der Waals surface area contributed by atoms with Gasteiger partial charge < -0.3 is 77.7 Å². The quantitative estimate of drug-likeness (QED) is 0.0223. The minimum atomic E-state index is -1.28. The molecular weight excluding hydrogens is 1690 g/mol. The van der Waals surface area contributed by atoms with E-state index in [1.54, 1.807) is 111 Å². The second-order valence-electron chi connectivity index (χ2n) is 34.0. The van der Waals surface area contributed by atoms with E-state index in [9.17, 15) is 118 Å². The van der Waals surface area contributed by atoms with Crippen LogP contribution in [0.5, 0.6) is 0 Å². The third kappa shape index (κ3) is 41.4. The summed E-state index contributed by atoms with van der Waals surface area (Å²) < 4.78 is 0. The lowest BCUT2D eigenvalue weighted by molar-refractivity contribution is -0.142. The highest BCUT2D eigenvalue weighted by Gasteiger charge is 2.34. The predicted molar refractivity (Wildman–Crippen MR) is 478 cm³/mol. The highest BCUT2D eigenvalue weighted by atomic mass is 16.4. The number of rotatable bonds is 49. The van der Waals surface area contributed by atoms with Gasteiger partial charge in [-0.3, -0.25) is 101 Å². The number of nitrogens with one attached hydrogen (secondary N) is 4. The molecule has 4 aromatic carbocycles. The van der Waals surface area contributed by atoms with Crippen LogP contribution in [0, 0.1) is 11.8 Å². The molecule has 130 heavy (non-hydrogen) atoms. The lowest BCUT2D eigenvalue weighted by atomic mass is 9.98. The SMILES string of the molecule is CC(C)CN1CCN(CC(=O)O)CCN(CC(=O)O)CC(Cc2ccc(C(=O)NC(Cc3ccccc3)C(=O)CCC(=O)NC(CCCCN)C(=O)O)cc2)N(CC(=O)O)CC1.CC(C)CN1CCN(CC(=O)O)CCN(CC(=O)O)CC(Cc2ccc(C(=O)NC(Cc3ccccc3)C(=O)CCC(=O)NC(CCCCN3C(=O)C=CC3=O)C(=O)O)cc2)N(CC(=O)O)CC1. The summed E-state index contributed by atoms with van der Waals surface area (Å²) in [5.74, 6) is -12.2. The lowest BCUT2D eigenvalue weighted by Crippen LogP contribution is -2.53. The van der Waals surface area contributed by atoms with Crippen molar-refractivity contribution in [3.05, 3.63) is 155 Å². The van der Waals surface area contributed by atoms with Crippen molar-refractivity contribution in [3.63, 3.8) is 0 Å². The third-order valence-corrected chi connectivity index (χ3v) is 22.4. The van der Waals surface area contributed by atoms with E-state index in [0.29, 0.717) is 110 Å². The number of carbonyl (C=O) groups is 16. The number of carbonyl (C=O) groups excluding carboxylic acids is 8. The summed E-state index contributed by atoms with van der Waals surface area (Å²) >= 11 is 0. The van der Waals surface area contributed by atoms with Gasteiger partial charge >= 0.3 is 47.8 Å². The molecule has 38 nitrogen and oxygen atoms in total. The average Bonchev–Trinajstić information content (AvgIpc) is 1.03. The van der Waals surface area contributed by atoms with Gasteiger partial charge in [-0.2, -0.15) is 0 Å². The topological polar surface area (TPSA) is 538 Å². The van der Waals surface area contributed by atoms with Crippen molar-refractivity contribution in [1.29, 1.82) is 0 Å². The Kier molecular flexibility index (Phi) is 46.8. The zero-order chi connectivity index (χ0) is 95.4. The monoisotopic (exact) mass is 1810 g/mol. The molecule has 0 spiro atoms. The van der Waals surface area contributed by atoms with Crippen LogP contribution in [0.1, 0.15) is 135 Å². The summed E-state index contributed by atoms with van der Waals surface area (Å²) in [5, 5.41) is 88.7. The van der Waals surface area contributed by atoms with Crippen LogP contribution in [-0.2, 0) is 92.8 Å². The van der Waals surface area contributed by atoms with Gasteiger partial charge in [0.25, 0.3) is 23.6 Å². The molecule has 3 heterocycles. The van der Waals surface area contributed by atoms with Gasteiger partial charge in [-0.25, -0.2) is 9.59 Å². The predicted octanol–water partition coefficient (Wildman–Crippen LogP) is 2.20. The molecule has 2 saturated heterocycles. The Labute approximate surface area is 757 Å². The molecule has 6 amide bonds. The number of unbranched alkanes of at least 4 members (excludes halogenated alkanes) is 2. The summed E-state index contributed by atoms with van der Waals surface area (Å²) in [6.07, 6.45) is 3.99. The van der Waals surface area contributed by atoms with E-state index in [0.717, 1.165) is 45.9 Å². The van der Waals surface area contributed by atoms with Crippen LogP contribution in [0.15, 0.2) is 121 Å². The normalized spacial score (nSPS) is 17.5. The smallest absolute Gasteiger partial charge is 0.326 e. The zero-order valence-corrected chi connectivity index (χ0v) is 74.7. The van der Waals surface area contributed by atoms with Crippen LogP contribution < -0.4 is 27.0 Å². The lowest BCUT2D eigenvalue weighted by Gasteiger charge is -2.38. The Morgan fingerprint density at radius 2 is 0.685 bits per heavy atom. The van der Waals surface area contributed by atoms with Crippen molar-refractivity contribution in [1.82, 2.24) is 65.4 Å². The van der Waals surface area contributed by atoms with E-state index in [4.69, 9.17) is 5.73 Å². The molecule has 38 heteroatoms. The Hall–Kier alpha value is -11.6. The fraction of sp³-hybridized carbons (Fsp3) is 0.543. The summed E-state index contributed by atoms with van der Waals surface area (Å²) in [5.41, 5.74) is 8.96. The maximum atomic E-state index is 13.8. The first-order valence-electron chi connectivity index (χ1n) is 44.2. The summed E-state index contributed by atoms with van der Waals surface area (Å²) in [7, 11) is 0. The maximum Gasteiger partial charge on any atom is 0.326 e. The molecule has 712 valence electrons. The largest absolute Gasteiger partial charge is 0.480 e. The molecule has 4 aromatic rings. The number of benzene rings is 4. The molecule has 6 unspecified atom stereocenters. The highest BCUT2D eigenvalue weighted by molar-refractivity contribution is 6.13. The van der Waals surface area contributed by atoms with E-state index in [1.165, 1.54) is 0 Å². The molecular formula is C92H130N14O24. The highest BCUT2D eigenvalue weighted by Crippen LogP contribution is 2.21. The molecule has 0 bridgehead atoms. The summed E-state index contributed by atoms with van der Waals surface area (Å²) in [6.45, 7) is 13.6. The Bertz CT molecular complexity index is 4390. The Morgan fingerprint density at radius 1 is 0.362 bits per heavy atom. The van der Waals surface area contributed by atoms with Crippen molar-refractivity contribution in [2.75, 3.05) is 157 Å². The van der Waals surface area contributed by atoms with Gasteiger partial charge in [0.2, 0.25) is 11.8 Å². The van der Waals surface area contributed by atoms with Crippen molar-refractivity contribution in [3.8, 4) is 0 Å². The first-order valence-corrected chi connectivity index (χ1v) is 44.2. The average molecular weight is 1820 g/mol. The number of Topliss-reactive ketones (excluding diaryl/α,β-unsaturated/α-hetero) is 2. The number of hydrogen-bond donors (Lipinski definition) is 13. The van der Waals surface area contributed by atoms with E-state index < -0.39 is 131 Å². The van der Waals surface area contributed by atoms with Gasteiger partial charge in [-0.15, -0.1) is 0 Å². The van der Waals surface area contributed by atoms with Crippen molar-refractivity contribution in [2.24, 2.45) is 17.6 Å². The third-order valence-electron chi connectivity index (χ3n) is 22.4. The second-order valence-corrected chi connectivity index (χ2v) is 34.0. The number of hydrogen-bond acceptors (Lipinski definition) is 25. The molecule has 0 aliphatic carbocycles. The van der Waals surface area contributed by atoms with E-state index in [1.807, 2.05) is 28.0 Å². The van der Waals surface area contributed by atoms with Crippen LogP contribution in [0.2, 0.25) is 0 Å². The standard InChI is InChI=1S/C48H65N7O13.C44H65N7O11/c1-33(2)28-51-20-21-52(30-44(60)61)22-23-53(31-45(62)63)29-37(54(25-24-51)32-46(64)65)26-35-11-13-36(14-12-35)47(66)50-39(27-34-8-4-3-5-9-34)40(56)15-16-41(57)49-38(48(67)68)10-6-7-19-55-42(58)17-18-43(55)59;1-31(2)26-48-18-19-49(28-40(54)55)20-21-50(29-41(56)57)27-35(51(23-22-48)30-42(58)59)24-33-11-13-34(14-12-33)43(60)47-37(25-32-8-4-3-5-9-32)38(52)15-16-39(53)46-36(44(61)62)10-6-7-17-45/h3-5,8-9,11-14,17-18,33,37-39H,6-7,10,15-16,19-32H2,1-2H3,(H,49,57)(H,50,66)(H,60,61)(H,62,63)(H,64,65)(H,67,68);3-5,8-9,11-14,31,35-37H,6-7,10,15-30,45H2,1-2H3,(H,46,53)(H,47,60)(H,54,55)(H,56,57)(H,58,59)(H,61,62). The summed E-state index contributed by atoms with van der Waals surface area (Å²) in [6, 6.07) is 25.8. The van der Waals surface area contributed by atoms with Gasteiger partial charge in [0, 0.05) is 172 Å². The van der Waals surface area contributed by atoms with Gasteiger partial charge in [0.15, 0.2) is 11.6 Å². The maximum absolute atomic E-state index is 13.8. The number of carboxylic acid groups (broad SMARTS) is 8. The number of nitrogens with zero attached hydrogens (tertiary/aromatic N) is 9.